The smallest absolute Gasteiger partial charge is 0.408 e. The number of hydrogen-bond donors (Lipinski definition) is 1. The van der Waals surface area contributed by atoms with E-state index in [1.54, 1.807) is 25.2 Å². The highest BCUT2D eigenvalue weighted by Crippen LogP contribution is 2.14. The topological polar surface area (TPSA) is 64.2 Å². The molecule has 130 valence electrons. The normalized spacial score (nSPS) is 11.0. The van der Waals surface area contributed by atoms with Crippen LogP contribution in [0.3, 0.4) is 0 Å². The van der Waals surface area contributed by atoms with Gasteiger partial charge < -0.3 is 9.73 Å². The van der Waals surface area contributed by atoms with Gasteiger partial charge in [-0.05, 0) is 48.2 Å². The number of nitrogens with one attached hydrogen (secondary N) is 1. The number of rotatable bonds is 6. The van der Waals surface area contributed by atoms with Gasteiger partial charge in [-0.15, -0.1) is 0 Å². The van der Waals surface area contributed by atoms with E-state index in [4.69, 9.17) is 4.42 Å². The predicted octanol–water partition coefficient (Wildman–Crippen LogP) is 2.56. The predicted molar refractivity (Wildman–Crippen MR) is 92.9 cm³/mol. The van der Waals surface area contributed by atoms with E-state index >= 15 is 0 Å². The zero-order chi connectivity index (χ0) is 17.8. The molecule has 1 aromatic heterocycles. The number of aryl methyl sites for hydroxylation is 2. The summed E-state index contributed by atoms with van der Waals surface area (Å²) in [5.74, 6) is -0.706. The van der Waals surface area contributed by atoms with Gasteiger partial charge in [-0.2, -0.15) is 0 Å². The van der Waals surface area contributed by atoms with Crippen LogP contribution < -0.4 is 11.1 Å². The molecule has 0 aliphatic carbocycles. The second-order valence-electron chi connectivity index (χ2n) is 5.96. The molecular formula is C19H19FN2O3. The zero-order valence-corrected chi connectivity index (χ0v) is 13.9. The number of halogens is 1. The lowest BCUT2D eigenvalue weighted by Gasteiger charge is -2.06. The number of nitrogens with zero attached hydrogens (tertiary/aromatic N) is 1. The van der Waals surface area contributed by atoms with Crippen molar-refractivity contribution in [3.63, 3.8) is 0 Å². The Morgan fingerprint density at radius 3 is 2.60 bits per heavy atom. The quantitative estimate of drug-likeness (QED) is 0.749. The highest BCUT2D eigenvalue weighted by molar-refractivity contribution is 5.76. The van der Waals surface area contributed by atoms with Crippen molar-refractivity contribution in [2.24, 2.45) is 7.05 Å². The van der Waals surface area contributed by atoms with Gasteiger partial charge in [0.05, 0.1) is 5.52 Å². The molecule has 0 spiro atoms. The van der Waals surface area contributed by atoms with Crippen LogP contribution in [0.2, 0.25) is 0 Å². The van der Waals surface area contributed by atoms with Crippen LogP contribution in [0, 0.1) is 5.82 Å². The lowest BCUT2D eigenvalue weighted by molar-refractivity contribution is -0.121. The van der Waals surface area contributed by atoms with Crippen molar-refractivity contribution in [3.05, 3.63) is 70.0 Å². The van der Waals surface area contributed by atoms with Crippen LogP contribution >= 0.6 is 0 Å². The van der Waals surface area contributed by atoms with Gasteiger partial charge in [0, 0.05) is 20.0 Å². The molecule has 0 radical (unpaired) electrons. The first-order valence-corrected chi connectivity index (χ1v) is 8.12. The fourth-order valence-corrected chi connectivity index (χ4v) is 2.67. The summed E-state index contributed by atoms with van der Waals surface area (Å²) >= 11 is 0. The van der Waals surface area contributed by atoms with Gasteiger partial charge in [0.2, 0.25) is 5.91 Å². The largest absolute Gasteiger partial charge is 0.419 e. The zero-order valence-electron chi connectivity index (χ0n) is 13.9. The summed E-state index contributed by atoms with van der Waals surface area (Å²) in [4.78, 5) is 23.4. The van der Waals surface area contributed by atoms with Gasteiger partial charge in [-0.3, -0.25) is 9.36 Å². The Kier molecular flexibility index (Phi) is 4.97. The van der Waals surface area contributed by atoms with Gasteiger partial charge >= 0.3 is 5.76 Å². The van der Waals surface area contributed by atoms with E-state index in [1.807, 2.05) is 12.1 Å². The maximum atomic E-state index is 12.8. The molecule has 0 atom stereocenters. The third kappa shape index (κ3) is 4.15. The Bertz CT molecular complexity index is 941. The van der Waals surface area contributed by atoms with Gasteiger partial charge in [-0.1, -0.05) is 18.2 Å². The molecule has 25 heavy (non-hydrogen) atoms. The van der Waals surface area contributed by atoms with Crippen molar-refractivity contribution in [1.29, 1.82) is 0 Å². The van der Waals surface area contributed by atoms with E-state index in [9.17, 15) is 14.0 Å². The van der Waals surface area contributed by atoms with Crippen LogP contribution in [-0.4, -0.2) is 17.0 Å². The fraction of sp³-hybridized carbons (Fsp3) is 0.263. The summed E-state index contributed by atoms with van der Waals surface area (Å²) in [6, 6.07) is 11.7. The number of amides is 1. The molecule has 3 rings (SSSR count). The molecule has 0 aliphatic rings. The number of benzene rings is 2. The molecule has 0 saturated carbocycles. The lowest BCUT2D eigenvalue weighted by atomic mass is 10.1. The average Bonchev–Trinajstić information content (AvgIpc) is 2.89. The molecule has 1 amide bonds. The van der Waals surface area contributed by atoms with E-state index in [0.717, 1.165) is 16.6 Å². The molecule has 5 nitrogen and oxygen atoms in total. The Balaban J connectivity index is 1.49. The molecule has 3 aromatic rings. The number of carbonyl (C=O) groups excluding carboxylic acids is 1. The van der Waals surface area contributed by atoms with Crippen LogP contribution in [0.4, 0.5) is 4.39 Å². The summed E-state index contributed by atoms with van der Waals surface area (Å²) in [5.41, 5.74) is 3.25. The highest BCUT2D eigenvalue weighted by Gasteiger charge is 2.07. The summed E-state index contributed by atoms with van der Waals surface area (Å²) in [6.07, 6.45) is 1.60. The van der Waals surface area contributed by atoms with E-state index in [1.165, 1.54) is 16.7 Å². The lowest BCUT2D eigenvalue weighted by Crippen LogP contribution is -2.25. The summed E-state index contributed by atoms with van der Waals surface area (Å²) in [5, 5.41) is 2.88. The molecule has 1 N–H and O–H groups in total. The molecule has 0 bridgehead atoms. The molecule has 0 fully saturated rings. The van der Waals surface area contributed by atoms with Crippen LogP contribution in [0.25, 0.3) is 11.1 Å². The van der Waals surface area contributed by atoms with Crippen molar-refractivity contribution in [2.75, 3.05) is 6.54 Å². The van der Waals surface area contributed by atoms with Crippen LogP contribution in [0.15, 0.2) is 51.7 Å². The first-order chi connectivity index (χ1) is 12.0. The molecule has 6 heteroatoms. The number of aromatic nitrogens is 1. The first kappa shape index (κ1) is 17.0. The summed E-state index contributed by atoms with van der Waals surface area (Å²) < 4.78 is 19.4. The van der Waals surface area contributed by atoms with Gasteiger partial charge in [-0.25, -0.2) is 9.18 Å². The Morgan fingerprint density at radius 2 is 1.84 bits per heavy atom. The van der Waals surface area contributed by atoms with Crippen molar-refractivity contribution in [2.45, 2.75) is 19.3 Å². The number of carbonyl (C=O) groups is 1. The Morgan fingerprint density at radius 1 is 1.12 bits per heavy atom. The summed E-state index contributed by atoms with van der Waals surface area (Å²) in [7, 11) is 1.66. The second kappa shape index (κ2) is 7.34. The monoisotopic (exact) mass is 342 g/mol. The van der Waals surface area contributed by atoms with E-state index < -0.39 is 0 Å². The third-order valence-electron chi connectivity index (χ3n) is 4.15. The minimum Gasteiger partial charge on any atom is -0.408 e. The first-order valence-electron chi connectivity index (χ1n) is 8.12. The number of oxazole rings is 1. The standard InChI is InChI=1S/C19H19FN2O3/c1-22-16-12-14(4-8-17(16)25-19(22)24)10-11-21-18(23)9-5-13-2-6-15(20)7-3-13/h2-4,6-8,12H,5,9-11H2,1H3,(H,21,23). The van der Waals surface area contributed by atoms with Crippen LogP contribution in [0.1, 0.15) is 17.5 Å². The van der Waals surface area contributed by atoms with E-state index in [0.29, 0.717) is 31.4 Å². The Labute approximate surface area is 144 Å². The van der Waals surface area contributed by atoms with Crippen LogP contribution in [0.5, 0.6) is 0 Å². The average molecular weight is 342 g/mol. The van der Waals surface area contributed by atoms with Crippen molar-refractivity contribution in [3.8, 4) is 0 Å². The second-order valence-corrected chi connectivity index (χ2v) is 5.96. The highest BCUT2D eigenvalue weighted by atomic mass is 19.1. The molecule has 2 aromatic carbocycles. The van der Waals surface area contributed by atoms with E-state index in [2.05, 4.69) is 5.32 Å². The van der Waals surface area contributed by atoms with Crippen molar-refractivity contribution in [1.82, 2.24) is 9.88 Å². The summed E-state index contributed by atoms with van der Waals surface area (Å²) in [6.45, 7) is 0.513. The maximum absolute atomic E-state index is 12.8. The molecule has 0 saturated heterocycles. The molecule has 1 heterocycles. The maximum Gasteiger partial charge on any atom is 0.419 e. The van der Waals surface area contributed by atoms with Gasteiger partial charge in [0.15, 0.2) is 5.58 Å². The third-order valence-corrected chi connectivity index (χ3v) is 4.15. The molecule has 0 aliphatic heterocycles. The SMILES string of the molecule is Cn1c(=O)oc2ccc(CCNC(=O)CCc3ccc(F)cc3)cc21. The molecule has 0 unspecified atom stereocenters. The number of hydrogen-bond acceptors (Lipinski definition) is 3. The fourth-order valence-electron chi connectivity index (χ4n) is 2.67. The minimum absolute atomic E-state index is 0.0406. The minimum atomic E-state index is -0.388. The van der Waals surface area contributed by atoms with Crippen molar-refractivity contribution >= 4 is 17.0 Å². The molecular weight excluding hydrogens is 323 g/mol. The van der Waals surface area contributed by atoms with Gasteiger partial charge in [0.1, 0.15) is 5.82 Å². The Hall–Kier alpha value is -2.89. The van der Waals surface area contributed by atoms with E-state index in [-0.39, 0.29) is 17.5 Å². The van der Waals surface area contributed by atoms with Crippen molar-refractivity contribution < 1.29 is 13.6 Å². The van der Waals surface area contributed by atoms with Gasteiger partial charge in [0.25, 0.3) is 0 Å². The van der Waals surface area contributed by atoms with Crippen LogP contribution in [-0.2, 0) is 24.7 Å². The number of fused-ring (bicyclic) bond motifs is 1.